The van der Waals surface area contributed by atoms with Crippen molar-refractivity contribution in [3.8, 4) is 0 Å². The SMILES string of the molecule is O[C@H](CCl)CC1CO1. The molecule has 0 aromatic heterocycles. The fourth-order valence-corrected chi connectivity index (χ4v) is 0.697. The average Bonchev–Trinajstić information content (AvgIpc) is 2.50. The molecule has 2 nitrogen and oxygen atoms in total. The third kappa shape index (κ3) is 1.99. The van der Waals surface area contributed by atoms with Crippen LogP contribution in [0.1, 0.15) is 6.42 Å². The highest BCUT2D eigenvalue weighted by Crippen LogP contribution is 2.15. The Bertz CT molecular complexity index is 72.8. The first-order valence-corrected chi connectivity index (χ1v) is 3.22. The molecule has 1 aliphatic heterocycles. The Morgan fingerprint density at radius 1 is 1.88 bits per heavy atom. The first-order valence-electron chi connectivity index (χ1n) is 2.68. The van der Waals surface area contributed by atoms with Crippen molar-refractivity contribution < 1.29 is 9.84 Å². The van der Waals surface area contributed by atoms with Crippen LogP contribution in [0.2, 0.25) is 0 Å². The van der Waals surface area contributed by atoms with Gasteiger partial charge in [-0.25, -0.2) is 0 Å². The van der Waals surface area contributed by atoms with Gasteiger partial charge < -0.3 is 9.84 Å². The van der Waals surface area contributed by atoms with Gasteiger partial charge in [0.2, 0.25) is 0 Å². The molecule has 3 heteroatoms. The lowest BCUT2D eigenvalue weighted by Gasteiger charge is -2.00. The minimum atomic E-state index is -0.371. The van der Waals surface area contributed by atoms with Gasteiger partial charge in [0.15, 0.2) is 0 Å². The van der Waals surface area contributed by atoms with Gasteiger partial charge in [-0.2, -0.15) is 0 Å². The molecule has 0 aromatic rings. The zero-order valence-electron chi connectivity index (χ0n) is 4.51. The van der Waals surface area contributed by atoms with Crippen molar-refractivity contribution in [2.45, 2.75) is 18.6 Å². The number of ether oxygens (including phenoxy) is 1. The number of hydrogen-bond donors (Lipinski definition) is 1. The Balaban J connectivity index is 1.98. The second-order valence-corrected chi connectivity index (χ2v) is 2.31. The fraction of sp³-hybridized carbons (Fsp3) is 1.00. The molecule has 1 N–H and O–H groups in total. The van der Waals surface area contributed by atoms with Crippen LogP contribution in [0.15, 0.2) is 0 Å². The monoisotopic (exact) mass is 136 g/mol. The van der Waals surface area contributed by atoms with Crippen molar-refractivity contribution in [1.29, 1.82) is 0 Å². The number of epoxide rings is 1. The van der Waals surface area contributed by atoms with Crippen LogP contribution in [0.3, 0.4) is 0 Å². The summed E-state index contributed by atoms with van der Waals surface area (Å²) in [4.78, 5) is 0. The molecule has 0 spiro atoms. The molecule has 1 rings (SSSR count). The number of aliphatic hydroxyl groups excluding tert-OH is 1. The first kappa shape index (κ1) is 6.33. The summed E-state index contributed by atoms with van der Waals surface area (Å²) >= 11 is 5.32. The minimum Gasteiger partial charge on any atom is -0.392 e. The van der Waals surface area contributed by atoms with Crippen molar-refractivity contribution in [3.05, 3.63) is 0 Å². The smallest absolute Gasteiger partial charge is 0.0835 e. The van der Waals surface area contributed by atoms with E-state index in [4.69, 9.17) is 21.4 Å². The molecule has 0 bridgehead atoms. The van der Waals surface area contributed by atoms with E-state index in [1.54, 1.807) is 0 Å². The quantitative estimate of drug-likeness (QED) is 0.449. The second-order valence-electron chi connectivity index (χ2n) is 2.00. The summed E-state index contributed by atoms with van der Waals surface area (Å²) in [7, 11) is 0. The summed E-state index contributed by atoms with van der Waals surface area (Å²) in [5.41, 5.74) is 0. The lowest BCUT2D eigenvalue weighted by Crippen LogP contribution is -2.10. The summed E-state index contributed by atoms with van der Waals surface area (Å²) in [5, 5.41) is 8.86. The van der Waals surface area contributed by atoms with E-state index in [9.17, 15) is 0 Å². The van der Waals surface area contributed by atoms with Crippen molar-refractivity contribution >= 4 is 11.6 Å². The molecule has 0 saturated carbocycles. The summed E-state index contributed by atoms with van der Waals surface area (Å²) in [6.45, 7) is 0.800. The molecule has 0 aromatic carbocycles. The number of alkyl halides is 1. The number of rotatable bonds is 3. The van der Waals surface area contributed by atoms with Gasteiger partial charge in [0.25, 0.3) is 0 Å². The molecule has 1 aliphatic rings. The Hall–Kier alpha value is 0.210. The normalized spacial score (nSPS) is 30.0. The van der Waals surface area contributed by atoms with Crippen LogP contribution in [0.25, 0.3) is 0 Å². The Labute approximate surface area is 53.4 Å². The first-order chi connectivity index (χ1) is 3.83. The van der Waals surface area contributed by atoms with E-state index in [1.807, 2.05) is 0 Å². The van der Waals surface area contributed by atoms with E-state index in [2.05, 4.69) is 0 Å². The topological polar surface area (TPSA) is 32.8 Å². The fourth-order valence-electron chi connectivity index (χ4n) is 0.571. The van der Waals surface area contributed by atoms with Crippen LogP contribution in [-0.4, -0.2) is 29.8 Å². The van der Waals surface area contributed by atoms with Crippen LogP contribution in [-0.2, 0) is 4.74 Å². The van der Waals surface area contributed by atoms with Gasteiger partial charge in [-0.1, -0.05) is 0 Å². The van der Waals surface area contributed by atoms with E-state index in [0.717, 1.165) is 6.61 Å². The van der Waals surface area contributed by atoms with Gasteiger partial charge in [0.05, 0.1) is 18.8 Å². The Kier molecular flexibility index (Phi) is 2.11. The molecular formula is C5H9ClO2. The van der Waals surface area contributed by atoms with Crippen molar-refractivity contribution in [1.82, 2.24) is 0 Å². The highest BCUT2D eigenvalue weighted by atomic mass is 35.5. The third-order valence-corrected chi connectivity index (χ3v) is 1.47. The van der Waals surface area contributed by atoms with Crippen molar-refractivity contribution in [2.75, 3.05) is 12.5 Å². The van der Waals surface area contributed by atoms with Crippen LogP contribution in [0.4, 0.5) is 0 Å². The predicted molar refractivity (Wildman–Crippen MR) is 31.1 cm³/mol. The van der Waals surface area contributed by atoms with E-state index in [0.29, 0.717) is 18.4 Å². The molecule has 0 amide bonds. The summed E-state index contributed by atoms with van der Waals surface area (Å²) < 4.78 is 4.86. The summed E-state index contributed by atoms with van der Waals surface area (Å²) in [6, 6.07) is 0. The highest BCUT2D eigenvalue weighted by molar-refractivity contribution is 6.18. The minimum absolute atomic E-state index is 0.295. The molecule has 1 unspecified atom stereocenters. The van der Waals surface area contributed by atoms with Gasteiger partial charge in [-0.15, -0.1) is 11.6 Å². The number of aliphatic hydroxyl groups is 1. The second kappa shape index (κ2) is 2.67. The van der Waals surface area contributed by atoms with E-state index in [-0.39, 0.29) is 6.10 Å². The summed E-state index contributed by atoms with van der Waals surface area (Å²) in [5.74, 6) is 0.319. The lowest BCUT2D eigenvalue weighted by molar-refractivity contribution is 0.173. The van der Waals surface area contributed by atoms with Crippen molar-refractivity contribution in [2.24, 2.45) is 0 Å². The van der Waals surface area contributed by atoms with Crippen LogP contribution < -0.4 is 0 Å². The van der Waals surface area contributed by atoms with Crippen molar-refractivity contribution in [3.63, 3.8) is 0 Å². The average molecular weight is 137 g/mol. The standard InChI is InChI=1S/C5H9ClO2/c6-2-4(7)1-5-3-8-5/h4-5,7H,1-3H2/t4-,5?/m0/s1. The van der Waals surface area contributed by atoms with Gasteiger partial charge in [0.1, 0.15) is 0 Å². The van der Waals surface area contributed by atoms with Crippen LogP contribution in [0, 0.1) is 0 Å². The van der Waals surface area contributed by atoms with Gasteiger partial charge in [-0.3, -0.25) is 0 Å². The number of hydrogen-bond acceptors (Lipinski definition) is 2. The molecule has 8 heavy (non-hydrogen) atoms. The molecule has 2 atom stereocenters. The maximum atomic E-state index is 8.86. The van der Waals surface area contributed by atoms with E-state index < -0.39 is 0 Å². The third-order valence-electron chi connectivity index (χ3n) is 1.12. The molecule has 1 heterocycles. The van der Waals surface area contributed by atoms with Crippen LogP contribution >= 0.6 is 11.6 Å². The lowest BCUT2D eigenvalue weighted by atomic mass is 10.2. The highest BCUT2D eigenvalue weighted by Gasteiger charge is 2.24. The molecule has 1 saturated heterocycles. The maximum absolute atomic E-state index is 8.86. The Morgan fingerprint density at radius 2 is 2.50 bits per heavy atom. The van der Waals surface area contributed by atoms with Gasteiger partial charge in [0, 0.05) is 12.3 Å². The van der Waals surface area contributed by atoms with Gasteiger partial charge in [-0.05, 0) is 0 Å². The zero-order valence-corrected chi connectivity index (χ0v) is 5.27. The maximum Gasteiger partial charge on any atom is 0.0835 e. The molecular weight excluding hydrogens is 128 g/mol. The molecule has 0 aliphatic carbocycles. The Morgan fingerprint density at radius 3 is 2.88 bits per heavy atom. The molecule has 1 fully saturated rings. The predicted octanol–water partition coefficient (Wildman–Crippen LogP) is 0.375. The zero-order chi connectivity index (χ0) is 5.98. The molecule has 0 radical (unpaired) electrons. The van der Waals surface area contributed by atoms with E-state index in [1.165, 1.54) is 0 Å². The molecule has 48 valence electrons. The summed E-state index contributed by atoms with van der Waals surface area (Å²) in [6.07, 6.45) is 0.622. The van der Waals surface area contributed by atoms with Crippen LogP contribution in [0.5, 0.6) is 0 Å². The largest absolute Gasteiger partial charge is 0.392 e. The number of halogens is 1. The van der Waals surface area contributed by atoms with Gasteiger partial charge >= 0.3 is 0 Å². The van der Waals surface area contributed by atoms with E-state index >= 15 is 0 Å².